The Morgan fingerprint density at radius 1 is 1.33 bits per heavy atom. The Labute approximate surface area is 141 Å². The van der Waals surface area contributed by atoms with E-state index in [1.54, 1.807) is 0 Å². The monoisotopic (exact) mass is 347 g/mol. The van der Waals surface area contributed by atoms with Gasteiger partial charge in [0.05, 0.1) is 6.04 Å². The number of rotatable bonds is 7. The zero-order chi connectivity index (χ0) is 17.2. The number of H-pyrrole nitrogens is 1. The van der Waals surface area contributed by atoms with E-state index in [1.807, 2.05) is 37.3 Å². The van der Waals surface area contributed by atoms with E-state index >= 15 is 0 Å². The topological polar surface area (TPSA) is 91.9 Å². The molecule has 0 spiro atoms. The van der Waals surface area contributed by atoms with Gasteiger partial charge in [0.15, 0.2) is 0 Å². The molecule has 24 heavy (non-hydrogen) atoms. The lowest BCUT2D eigenvalue weighted by molar-refractivity contribution is -0.119. The van der Waals surface area contributed by atoms with Crippen molar-refractivity contribution in [3.05, 3.63) is 47.8 Å². The number of carbonyl (C=O) groups excluding carboxylic acids is 1. The molecule has 1 heterocycles. The van der Waals surface area contributed by atoms with Crippen molar-refractivity contribution in [1.29, 1.82) is 0 Å². The van der Waals surface area contributed by atoms with Crippen LogP contribution >= 0.6 is 0 Å². The number of aromatic amines is 1. The number of hydrogen-bond acceptors (Lipinski definition) is 4. The van der Waals surface area contributed by atoms with Crippen LogP contribution in [0.25, 0.3) is 0 Å². The predicted molar refractivity (Wildman–Crippen MR) is 90.1 cm³/mol. The number of aromatic nitrogens is 2. The molecule has 1 aliphatic rings. The average molecular weight is 347 g/mol. The summed E-state index contributed by atoms with van der Waals surface area (Å²) < 4.78 is 24.6. The molecule has 1 aromatic heterocycles. The fourth-order valence-electron chi connectivity index (χ4n) is 2.70. The highest BCUT2D eigenvalue weighted by Crippen LogP contribution is 2.40. The molecule has 1 aromatic carbocycles. The highest BCUT2D eigenvalue weighted by molar-refractivity contribution is 7.91. The molecule has 128 valence electrons. The summed E-state index contributed by atoms with van der Waals surface area (Å²) in [6.45, 7) is 1.90. The van der Waals surface area contributed by atoms with Crippen LogP contribution in [-0.2, 0) is 21.1 Å². The minimum absolute atomic E-state index is 0.128. The molecule has 0 aliphatic heterocycles. The SMILES string of the molecule is CCc1cnc(S(=O)(=O)CC(=O)N[C@@H](c2ccccc2)C2CC2)[nH]1. The number of benzene rings is 1. The molecule has 3 rings (SSSR count). The Balaban J connectivity index is 1.69. The van der Waals surface area contributed by atoms with Crippen molar-refractivity contribution < 1.29 is 13.2 Å². The number of hydrogen-bond donors (Lipinski definition) is 2. The summed E-state index contributed by atoms with van der Waals surface area (Å²) in [5.74, 6) is -0.709. The molecule has 6 nitrogen and oxygen atoms in total. The molecular formula is C17H21N3O3S. The van der Waals surface area contributed by atoms with E-state index in [-0.39, 0.29) is 11.2 Å². The predicted octanol–water partition coefficient (Wildman–Crippen LogP) is 2.01. The van der Waals surface area contributed by atoms with Crippen LogP contribution < -0.4 is 5.32 Å². The first-order valence-electron chi connectivity index (χ1n) is 8.10. The Morgan fingerprint density at radius 3 is 2.62 bits per heavy atom. The van der Waals surface area contributed by atoms with Crippen molar-refractivity contribution in [3.8, 4) is 0 Å². The molecule has 2 N–H and O–H groups in total. The number of amides is 1. The van der Waals surface area contributed by atoms with Gasteiger partial charge in [-0.05, 0) is 30.7 Å². The summed E-state index contributed by atoms with van der Waals surface area (Å²) >= 11 is 0. The number of sulfone groups is 1. The van der Waals surface area contributed by atoms with E-state index in [0.29, 0.717) is 12.3 Å². The van der Waals surface area contributed by atoms with E-state index in [0.717, 1.165) is 24.1 Å². The van der Waals surface area contributed by atoms with E-state index in [9.17, 15) is 13.2 Å². The number of aryl methyl sites for hydroxylation is 1. The second-order valence-corrected chi connectivity index (χ2v) is 8.02. The van der Waals surface area contributed by atoms with Crippen LogP contribution in [0.5, 0.6) is 0 Å². The first-order chi connectivity index (χ1) is 11.5. The van der Waals surface area contributed by atoms with E-state index in [1.165, 1.54) is 6.20 Å². The smallest absolute Gasteiger partial charge is 0.236 e. The summed E-state index contributed by atoms with van der Waals surface area (Å²) in [6.07, 6.45) is 4.24. The normalized spacial score (nSPS) is 15.9. The van der Waals surface area contributed by atoms with Crippen molar-refractivity contribution >= 4 is 15.7 Å². The molecule has 2 aromatic rings. The molecule has 7 heteroatoms. The molecule has 0 saturated heterocycles. The molecule has 1 saturated carbocycles. The molecular weight excluding hydrogens is 326 g/mol. The van der Waals surface area contributed by atoms with Crippen molar-refractivity contribution in [1.82, 2.24) is 15.3 Å². The summed E-state index contributed by atoms with van der Waals surface area (Å²) in [4.78, 5) is 18.9. The van der Waals surface area contributed by atoms with Crippen molar-refractivity contribution in [2.24, 2.45) is 5.92 Å². The zero-order valence-corrected chi connectivity index (χ0v) is 14.3. The van der Waals surface area contributed by atoms with Crippen LogP contribution in [0.2, 0.25) is 0 Å². The van der Waals surface area contributed by atoms with Gasteiger partial charge in [-0.3, -0.25) is 4.79 Å². The van der Waals surface area contributed by atoms with Crippen molar-refractivity contribution in [3.63, 3.8) is 0 Å². The summed E-state index contributed by atoms with van der Waals surface area (Å²) in [6, 6.07) is 9.54. The fourth-order valence-corrected chi connectivity index (χ4v) is 3.76. The molecule has 0 bridgehead atoms. The van der Waals surface area contributed by atoms with Crippen LogP contribution in [0.1, 0.15) is 37.1 Å². The number of nitrogens with one attached hydrogen (secondary N) is 2. The lowest BCUT2D eigenvalue weighted by Crippen LogP contribution is -2.34. The Bertz CT molecular complexity index is 811. The van der Waals surface area contributed by atoms with E-state index in [4.69, 9.17) is 0 Å². The highest BCUT2D eigenvalue weighted by atomic mass is 32.2. The summed E-state index contributed by atoms with van der Waals surface area (Å²) in [5, 5.41) is 2.74. The number of carbonyl (C=O) groups is 1. The van der Waals surface area contributed by atoms with Gasteiger partial charge in [0.25, 0.3) is 0 Å². The summed E-state index contributed by atoms with van der Waals surface area (Å²) in [5.41, 5.74) is 1.74. The average Bonchev–Trinajstić information content (AvgIpc) is 3.28. The van der Waals surface area contributed by atoms with Gasteiger partial charge in [-0.1, -0.05) is 37.3 Å². The quantitative estimate of drug-likeness (QED) is 0.801. The van der Waals surface area contributed by atoms with Gasteiger partial charge in [-0.2, -0.15) is 0 Å². The highest BCUT2D eigenvalue weighted by Gasteiger charge is 2.34. The Hall–Kier alpha value is -2.15. The van der Waals surface area contributed by atoms with Crippen LogP contribution in [0.3, 0.4) is 0 Å². The fraction of sp³-hybridized carbons (Fsp3) is 0.412. The van der Waals surface area contributed by atoms with Crippen LogP contribution in [0, 0.1) is 5.92 Å². The summed E-state index contributed by atoms with van der Waals surface area (Å²) in [7, 11) is -3.76. The van der Waals surface area contributed by atoms with Crippen LogP contribution in [0.15, 0.2) is 41.7 Å². The van der Waals surface area contributed by atoms with Crippen LogP contribution in [0.4, 0.5) is 0 Å². The van der Waals surface area contributed by atoms with Gasteiger partial charge in [0.2, 0.25) is 20.9 Å². The van der Waals surface area contributed by atoms with Gasteiger partial charge in [-0.25, -0.2) is 13.4 Å². The van der Waals surface area contributed by atoms with E-state index in [2.05, 4.69) is 15.3 Å². The maximum Gasteiger partial charge on any atom is 0.236 e. The van der Waals surface area contributed by atoms with Gasteiger partial charge in [-0.15, -0.1) is 0 Å². The number of imidazole rings is 1. The van der Waals surface area contributed by atoms with Gasteiger partial charge < -0.3 is 10.3 Å². The van der Waals surface area contributed by atoms with Gasteiger partial charge in [0.1, 0.15) is 5.75 Å². The second kappa shape index (κ2) is 6.76. The standard InChI is InChI=1S/C17H21N3O3S/c1-2-14-10-18-17(19-14)24(22,23)11-15(21)20-16(13-8-9-13)12-6-4-3-5-7-12/h3-7,10,13,16H,2,8-9,11H2,1H3,(H,18,19)(H,20,21)/t16-/m0/s1. The Morgan fingerprint density at radius 2 is 2.04 bits per heavy atom. The van der Waals surface area contributed by atoms with E-state index < -0.39 is 21.5 Å². The molecule has 1 atom stereocenters. The Kier molecular flexibility index (Phi) is 4.71. The largest absolute Gasteiger partial charge is 0.348 e. The lowest BCUT2D eigenvalue weighted by atomic mass is 10.0. The molecule has 0 unspecified atom stereocenters. The minimum atomic E-state index is -3.76. The minimum Gasteiger partial charge on any atom is -0.348 e. The maximum absolute atomic E-state index is 12.3. The number of nitrogens with zero attached hydrogens (tertiary/aromatic N) is 1. The van der Waals surface area contributed by atoms with Crippen molar-refractivity contribution in [2.45, 2.75) is 37.4 Å². The third-order valence-corrected chi connectivity index (χ3v) is 5.61. The zero-order valence-electron chi connectivity index (χ0n) is 13.5. The maximum atomic E-state index is 12.3. The van der Waals surface area contributed by atoms with Crippen LogP contribution in [-0.4, -0.2) is 30.0 Å². The third-order valence-electron chi connectivity index (χ3n) is 4.17. The molecule has 1 amide bonds. The van der Waals surface area contributed by atoms with Gasteiger partial charge in [0, 0.05) is 11.9 Å². The van der Waals surface area contributed by atoms with Gasteiger partial charge >= 0.3 is 0 Å². The molecule has 1 aliphatic carbocycles. The first kappa shape index (κ1) is 16.7. The molecule has 1 fully saturated rings. The second-order valence-electron chi connectivity index (χ2n) is 6.12. The first-order valence-corrected chi connectivity index (χ1v) is 9.76. The molecule has 0 radical (unpaired) electrons. The lowest BCUT2D eigenvalue weighted by Gasteiger charge is -2.18. The third kappa shape index (κ3) is 3.84. The van der Waals surface area contributed by atoms with Crippen molar-refractivity contribution in [2.75, 3.05) is 5.75 Å².